The van der Waals surface area contributed by atoms with Crippen LogP contribution in [-0.4, -0.2) is 87.4 Å². The van der Waals surface area contributed by atoms with Crippen LogP contribution in [0.25, 0.3) is 0 Å². The molecule has 1 aromatic rings. The van der Waals surface area contributed by atoms with Crippen LogP contribution in [0.4, 0.5) is 0 Å². The number of Topliss-reactive ketones (excluding diaryl/α,β-unsaturated/α-hetero) is 1. The van der Waals surface area contributed by atoms with Gasteiger partial charge in [0.15, 0.2) is 0 Å². The molecule has 0 spiro atoms. The first-order valence-electron chi connectivity index (χ1n) is 18.6. The fourth-order valence-corrected chi connectivity index (χ4v) is 7.23. The summed E-state index contributed by atoms with van der Waals surface area (Å²) in [5.74, 6) is -3.13. The van der Waals surface area contributed by atoms with Crippen molar-refractivity contribution in [2.75, 3.05) is 13.1 Å². The summed E-state index contributed by atoms with van der Waals surface area (Å²) in [7, 11) is 0. The number of fused-ring (bicyclic) bond motifs is 1. The van der Waals surface area contributed by atoms with Crippen molar-refractivity contribution in [3.05, 3.63) is 24.3 Å². The third-order valence-corrected chi connectivity index (χ3v) is 9.73. The van der Waals surface area contributed by atoms with Gasteiger partial charge in [0, 0.05) is 25.0 Å². The normalized spacial score (nSPS) is 22.5. The van der Waals surface area contributed by atoms with Crippen molar-refractivity contribution in [3.63, 3.8) is 0 Å². The quantitative estimate of drug-likeness (QED) is 0.229. The van der Waals surface area contributed by atoms with Crippen LogP contribution in [0.15, 0.2) is 18.6 Å². The Labute approximate surface area is 290 Å². The predicted molar refractivity (Wildman–Crippen MR) is 185 cm³/mol. The van der Waals surface area contributed by atoms with Gasteiger partial charge in [-0.25, -0.2) is 4.98 Å². The Morgan fingerprint density at radius 3 is 2.22 bits per heavy atom. The van der Waals surface area contributed by atoms with Gasteiger partial charge in [0.05, 0.1) is 18.8 Å². The maximum atomic E-state index is 13.7. The molecule has 3 saturated carbocycles. The van der Waals surface area contributed by atoms with Crippen molar-refractivity contribution in [1.29, 1.82) is 0 Å². The molecule has 1 aromatic heterocycles. The van der Waals surface area contributed by atoms with E-state index in [4.69, 9.17) is 0 Å². The minimum atomic E-state index is -0.965. The lowest BCUT2D eigenvalue weighted by molar-refractivity contribution is -0.143. The molecule has 4 aliphatic rings. The number of carbonyl (C=O) groups is 6. The minimum absolute atomic E-state index is 0.0230. The van der Waals surface area contributed by atoms with Crippen LogP contribution in [-0.2, 0) is 24.0 Å². The Bertz CT molecular complexity index is 1270. The Morgan fingerprint density at radius 1 is 0.878 bits per heavy atom. The first kappa shape index (κ1) is 39.5. The van der Waals surface area contributed by atoms with Gasteiger partial charge < -0.3 is 26.2 Å². The van der Waals surface area contributed by atoms with Gasteiger partial charge in [-0.3, -0.25) is 33.8 Å². The molecule has 2 heterocycles. The number of hydrogen-bond acceptors (Lipinski definition) is 8. The smallest absolute Gasteiger partial charge is 0.289 e. The zero-order valence-corrected chi connectivity index (χ0v) is 30.0. The Morgan fingerprint density at radius 2 is 1.59 bits per heavy atom. The molecular weight excluding hydrogens is 626 g/mol. The van der Waals surface area contributed by atoms with Gasteiger partial charge >= 0.3 is 0 Å². The number of rotatable bonds is 13. The molecule has 49 heavy (non-hydrogen) atoms. The number of carbonyl (C=O) groups excluding carboxylic acids is 6. The van der Waals surface area contributed by atoms with Crippen molar-refractivity contribution in [2.24, 2.45) is 17.8 Å². The summed E-state index contributed by atoms with van der Waals surface area (Å²) in [6.07, 6.45) is 14.0. The number of likely N-dealkylation sites (tertiary alicyclic amines) is 1. The Balaban J connectivity index is 0.00000157. The standard InChI is InChI=1S/C32H45N7O6.2C2H6/c1-2-7-23(28(41)32(45)36-21-12-13-21)37-31(44)27-22-11-6-10-20(22)18-39(27)25(40)17-35-30(43)26(19-8-4-3-5-9-19)38-29(42)24-16-33-14-15-34-24;2*1-2/h14-16,19-23,26-27H,2-13,17-18H2,1H3,(H,35,43)(H,36,45)(H,37,44)(H,38,42);2*1-2H3/t20-,22-,23-,26?,27-;;/m0../s1. The summed E-state index contributed by atoms with van der Waals surface area (Å²) in [6.45, 7) is 9.94. The maximum Gasteiger partial charge on any atom is 0.289 e. The molecule has 0 radical (unpaired) electrons. The van der Waals surface area contributed by atoms with Crippen molar-refractivity contribution in [3.8, 4) is 0 Å². The molecule has 1 unspecified atom stereocenters. The summed E-state index contributed by atoms with van der Waals surface area (Å²) in [4.78, 5) is 88.6. The van der Waals surface area contributed by atoms with E-state index in [9.17, 15) is 28.8 Å². The van der Waals surface area contributed by atoms with E-state index in [0.29, 0.717) is 19.4 Å². The van der Waals surface area contributed by atoms with E-state index in [1.165, 1.54) is 23.5 Å². The topological polar surface area (TPSA) is 180 Å². The van der Waals surface area contributed by atoms with E-state index in [-0.39, 0.29) is 36.0 Å². The largest absolute Gasteiger partial charge is 0.347 e. The van der Waals surface area contributed by atoms with Gasteiger partial charge in [-0.05, 0) is 62.7 Å². The molecular formula is C36H57N7O6. The summed E-state index contributed by atoms with van der Waals surface area (Å²) >= 11 is 0. The number of nitrogens with one attached hydrogen (secondary N) is 4. The molecule has 5 rings (SSSR count). The number of aromatic nitrogens is 2. The van der Waals surface area contributed by atoms with Gasteiger partial charge in [-0.15, -0.1) is 0 Å². The molecule has 13 heteroatoms. The summed E-state index contributed by atoms with van der Waals surface area (Å²) < 4.78 is 0. The molecule has 4 N–H and O–H groups in total. The average Bonchev–Trinajstić information content (AvgIpc) is 3.71. The second-order valence-electron chi connectivity index (χ2n) is 13.0. The second kappa shape index (κ2) is 19.9. The maximum absolute atomic E-state index is 13.7. The molecule has 5 amide bonds. The van der Waals surface area contributed by atoms with Gasteiger partial charge in [0.2, 0.25) is 23.5 Å². The van der Waals surface area contributed by atoms with E-state index in [1.54, 1.807) is 0 Å². The minimum Gasteiger partial charge on any atom is -0.347 e. The van der Waals surface area contributed by atoms with Crippen LogP contribution in [0.1, 0.15) is 122 Å². The summed E-state index contributed by atoms with van der Waals surface area (Å²) in [6, 6.07) is -2.57. The highest BCUT2D eigenvalue weighted by molar-refractivity contribution is 6.38. The lowest BCUT2D eigenvalue weighted by Crippen LogP contribution is -2.56. The average molecular weight is 684 g/mol. The van der Waals surface area contributed by atoms with Crippen LogP contribution in [0.3, 0.4) is 0 Å². The molecule has 5 atom stereocenters. The molecule has 13 nitrogen and oxygen atoms in total. The molecule has 272 valence electrons. The number of hydrogen-bond donors (Lipinski definition) is 4. The lowest BCUT2D eigenvalue weighted by Gasteiger charge is -2.31. The highest BCUT2D eigenvalue weighted by atomic mass is 16.2. The van der Waals surface area contributed by atoms with Crippen LogP contribution < -0.4 is 21.3 Å². The zero-order chi connectivity index (χ0) is 35.9. The predicted octanol–water partition coefficient (Wildman–Crippen LogP) is 3.08. The molecule has 1 aliphatic heterocycles. The van der Waals surface area contributed by atoms with Crippen molar-refractivity contribution in [1.82, 2.24) is 36.1 Å². The van der Waals surface area contributed by atoms with Crippen LogP contribution in [0.5, 0.6) is 0 Å². The number of ketones is 1. The fourth-order valence-electron chi connectivity index (χ4n) is 7.23. The Kier molecular flexibility index (Phi) is 16.1. The lowest BCUT2D eigenvalue weighted by atomic mass is 9.83. The first-order valence-corrected chi connectivity index (χ1v) is 18.6. The molecule has 0 aromatic carbocycles. The fraction of sp³-hybridized carbons (Fsp3) is 0.722. The van der Waals surface area contributed by atoms with Crippen LogP contribution in [0.2, 0.25) is 0 Å². The third-order valence-electron chi connectivity index (χ3n) is 9.73. The first-order chi connectivity index (χ1) is 23.8. The van der Waals surface area contributed by atoms with E-state index in [2.05, 4.69) is 31.2 Å². The Hall–Kier alpha value is -3.90. The van der Waals surface area contributed by atoms with Crippen LogP contribution >= 0.6 is 0 Å². The molecule has 4 fully saturated rings. The SMILES string of the molecule is CC.CC.CCC[C@H](NC(=O)[C@@H]1[C@H]2CCC[C@H]2CN1C(=O)CNC(=O)C(NC(=O)c1cnccn1)C1CCCCC1)C(=O)C(=O)NC1CC1. The zero-order valence-electron chi connectivity index (χ0n) is 30.0. The molecule has 3 aliphatic carbocycles. The van der Waals surface area contributed by atoms with E-state index < -0.39 is 53.4 Å². The van der Waals surface area contributed by atoms with Crippen molar-refractivity contribution >= 4 is 35.3 Å². The van der Waals surface area contributed by atoms with E-state index in [0.717, 1.165) is 64.2 Å². The van der Waals surface area contributed by atoms with E-state index >= 15 is 0 Å². The summed E-state index contributed by atoms with van der Waals surface area (Å²) in [5.41, 5.74) is 0.101. The highest BCUT2D eigenvalue weighted by Crippen LogP contribution is 2.42. The van der Waals surface area contributed by atoms with Gasteiger partial charge in [-0.1, -0.05) is 66.7 Å². The van der Waals surface area contributed by atoms with Crippen LogP contribution in [0, 0.1) is 17.8 Å². The second-order valence-corrected chi connectivity index (χ2v) is 13.0. The summed E-state index contributed by atoms with van der Waals surface area (Å²) in [5, 5.41) is 11.1. The van der Waals surface area contributed by atoms with Gasteiger partial charge in [0.1, 0.15) is 17.8 Å². The molecule has 1 saturated heterocycles. The third kappa shape index (κ3) is 10.8. The highest BCUT2D eigenvalue weighted by Gasteiger charge is 2.50. The number of amides is 5. The monoisotopic (exact) mass is 683 g/mol. The van der Waals surface area contributed by atoms with E-state index in [1.807, 2.05) is 34.6 Å². The number of nitrogens with zero attached hydrogens (tertiary/aromatic N) is 3. The van der Waals surface area contributed by atoms with Gasteiger partial charge in [-0.2, -0.15) is 0 Å². The van der Waals surface area contributed by atoms with Crippen molar-refractivity contribution in [2.45, 2.75) is 136 Å². The van der Waals surface area contributed by atoms with Gasteiger partial charge in [0.25, 0.3) is 11.8 Å². The van der Waals surface area contributed by atoms with Crippen molar-refractivity contribution < 1.29 is 28.8 Å². The molecule has 0 bridgehead atoms.